The second kappa shape index (κ2) is 10.8. The molecule has 39 heavy (non-hydrogen) atoms. The van der Waals surface area contributed by atoms with Gasteiger partial charge in [0.25, 0.3) is 0 Å². The van der Waals surface area contributed by atoms with Crippen molar-refractivity contribution in [2.45, 2.75) is 103 Å². The molecule has 8 heteroatoms. The van der Waals surface area contributed by atoms with Crippen LogP contribution in [0.5, 0.6) is 0 Å². The third kappa shape index (κ3) is 5.14. The molecule has 5 aliphatic heterocycles. The second-order valence-electron chi connectivity index (χ2n) is 12.8. The summed E-state index contributed by atoms with van der Waals surface area (Å²) in [6.45, 7) is 7.72. The molecule has 1 spiro atoms. The van der Waals surface area contributed by atoms with Gasteiger partial charge < -0.3 is 19.1 Å². The minimum Gasteiger partial charge on any atom is -0.435 e. The number of likely N-dealkylation sites (tertiary alicyclic amines) is 1. The zero-order chi connectivity index (χ0) is 27.2. The van der Waals surface area contributed by atoms with Crippen LogP contribution >= 0.6 is 0 Å². The van der Waals surface area contributed by atoms with Crippen LogP contribution in [0.3, 0.4) is 0 Å². The van der Waals surface area contributed by atoms with Crippen LogP contribution in [-0.2, 0) is 40.0 Å². The van der Waals surface area contributed by atoms with E-state index >= 15 is 0 Å². The zero-order valence-corrected chi connectivity index (χ0v) is 23.5. The van der Waals surface area contributed by atoms with Crippen LogP contribution in [-0.4, -0.2) is 53.8 Å². The van der Waals surface area contributed by atoms with Crippen molar-refractivity contribution in [2.75, 3.05) is 13.1 Å². The van der Waals surface area contributed by atoms with Crippen molar-refractivity contribution in [1.82, 2.24) is 4.90 Å². The van der Waals surface area contributed by atoms with Gasteiger partial charge in [0, 0.05) is 37.8 Å². The summed E-state index contributed by atoms with van der Waals surface area (Å²) in [6.07, 6.45) is 5.58. The number of hydrogen-bond acceptors (Lipinski definition) is 7. The van der Waals surface area contributed by atoms with E-state index in [9.17, 15) is 9.59 Å². The topological polar surface area (TPSA) is 83.5 Å². The number of carbonyl (C=O) groups is 2. The Morgan fingerprint density at radius 1 is 0.974 bits per heavy atom. The van der Waals surface area contributed by atoms with Crippen LogP contribution in [0.15, 0.2) is 30.3 Å². The molecule has 0 radical (unpaired) electrons. The minimum atomic E-state index is -0.867. The van der Waals surface area contributed by atoms with Gasteiger partial charge in [-0.25, -0.2) is 9.78 Å². The van der Waals surface area contributed by atoms with Crippen molar-refractivity contribution in [2.24, 2.45) is 29.6 Å². The van der Waals surface area contributed by atoms with E-state index in [1.54, 1.807) is 0 Å². The molecule has 8 nitrogen and oxygen atoms in total. The third-order valence-electron chi connectivity index (χ3n) is 10.2. The molecule has 6 aliphatic rings. The van der Waals surface area contributed by atoms with Crippen LogP contribution in [0.4, 0.5) is 0 Å². The average Bonchev–Trinajstić information content (AvgIpc) is 3.17. The number of rotatable bonds is 6. The number of ether oxygens (including phenoxy) is 3. The van der Waals surface area contributed by atoms with Gasteiger partial charge in [0.1, 0.15) is 0 Å². The number of piperidine rings is 1. The van der Waals surface area contributed by atoms with E-state index in [2.05, 4.69) is 38.1 Å². The second-order valence-corrected chi connectivity index (χ2v) is 12.8. The van der Waals surface area contributed by atoms with E-state index in [-0.39, 0.29) is 36.5 Å². The normalized spacial score (nSPS) is 40.0. The van der Waals surface area contributed by atoms with Gasteiger partial charge in [-0.2, -0.15) is 0 Å². The Bertz CT molecular complexity index is 1040. The summed E-state index contributed by atoms with van der Waals surface area (Å²) in [4.78, 5) is 39.7. The van der Waals surface area contributed by atoms with Crippen molar-refractivity contribution < 1.29 is 33.6 Å². The van der Waals surface area contributed by atoms with Crippen LogP contribution in [0.2, 0.25) is 0 Å². The molecule has 8 atom stereocenters. The largest absolute Gasteiger partial charge is 0.435 e. The Labute approximate surface area is 231 Å². The smallest absolute Gasteiger partial charge is 0.308 e. The van der Waals surface area contributed by atoms with E-state index in [0.29, 0.717) is 11.8 Å². The monoisotopic (exact) mass is 541 g/mol. The average molecular weight is 542 g/mol. The minimum absolute atomic E-state index is 0.0219. The highest BCUT2D eigenvalue weighted by Gasteiger charge is 2.69. The van der Waals surface area contributed by atoms with Crippen LogP contribution in [0.25, 0.3) is 0 Å². The van der Waals surface area contributed by atoms with Gasteiger partial charge in [-0.1, -0.05) is 44.2 Å². The van der Waals surface area contributed by atoms with Crippen LogP contribution in [0, 0.1) is 29.6 Å². The molecule has 6 fully saturated rings. The Morgan fingerprint density at radius 3 is 2.51 bits per heavy atom. The predicted molar refractivity (Wildman–Crippen MR) is 142 cm³/mol. The fourth-order valence-electron chi connectivity index (χ4n) is 7.90. The van der Waals surface area contributed by atoms with E-state index in [0.717, 1.165) is 58.0 Å². The Kier molecular flexibility index (Phi) is 7.50. The molecule has 1 amide bonds. The molecule has 1 aromatic rings. The summed E-state index contributed by atoms with van der Waals surface area (Å²) in [6, 6.07) is 10.5. The number of nitrogens with zero attached hydrogens (tertiary/aromatic N) is 1. The lowest BCUT2D eigenvalue weighted by molar-refractivity contribution is -0.576. The maximum Gasteiger partial charge on any atom is 0.308 e. The maximum atomic E-state index is 12.9. The number of benzene rings is 1. The highest BCUT2D eigenvalue weighted by molar-refractivity contribution is 5.81. The molecule has 1 saturated carbocycles. The number of fused-ring (bicyclic) bond motifs is 2. The fourth-order valence-corrected chi connectivity index (χ4v) is 7.90. The Morgan fingerprint density at radius 2 is 1.74 bits per heavy atom. The first-order valence-corrected chi connectivity index (χ1v) is 15.0. The predicted octanol–water partition coefficient (Wildman–Crippen LogP) is 5.00. The molecule has 2 bridgehead atoms. The molecular formula is C31H43NO7. The first-order valence-electron chi connectivity index (χ1n) is 15.0. The fraction of sp³-hybridized carbons (Fsp3) is 0.742. The van der Waals surface area contributed by atoms with Gasteiger partial charge in [-0.15, -0.1) is 0 Å². The van der Waals surface area contributed by atoms with Crippen molar-refractivity contribution in [3.8, 4) is 0 Å². The molecule has 0 aromatic heterocycles. The quantitative estimate of drug-likeness (QED) is 0.370. The highest BCUT2D eigenvalue weighted by atomic mass is 17.3. The Balaban J connectivity index is 1.02. The van der Waals surface area contributed by atoms with Gasteiger partial charge in [0.2, 0.25) is 18.0 Å². The lowest BCUT2D eigenvalue weighted by atomic mass is 9.58. The van der Waals surface area contributed by atoms with Crippen LogP contribution in [0.1, 0.15) is 77.7 Å². The lowest BCUT2D eigenvalue weighted by Gasteiger charge is -2.59. The summed E-state index contributed by atoms with van der Waals surface area (Å²) >= 11 is 0. The van der Waals surface area contributed by atoms with Crippen LogP contribution < -0.4 is 0 Å². The molecule has 1 aliphatic carbocycles. The van der Waals surface area contributed by atoms with Gasteiger partial charge in [0.05, 0.1) is 6.42 Å². The molecule has 214 valence electrons. The molecule has 1 aromatic carbocycles. The van der Waals surface area contributed by atoms with Crippen molar-refractivity contribution in [3.05, 3.63) is 35.9 Å². The summed E-state index contributed by atoms with van der Waals surface area (Å²) in [5.41, 5.74) is 0.669. The lowest BCUT2D eigenvalue weighted by Crippen LogP contribution is -2.70. The number of esters is 1. The molecular weight excluding hydrogens is 498 g/mol. The van der Waals surface area contributed by atoms with Gasteiger partial charge in [-0.05, 0) is 68.8 Å². The molecule has 7 rings (SSSR count). The van der Waals surface area contributed by atoms with E-state index in [4.69, 9.17) is 24.0 Å². The number of hydrogen-bond donors (Lipinski definition) is 0. The SMILES string of the molecule is C[C@H]1[C@H](OC(=O)CCC(=O)N2CCC(Cc3ccccc3)CC2)O[C@@H]2O[C@@]3(C)CC[C@@H]4[C@H](C)CC[C@@H]1[C@@]24OO3. The third-order valence-corrected chi connectivity index (χ3v) is 10.2. The number of amides is 1. The highest BCUT2D eigenvalue weighted by Crippen LogP contribution is 2.60. The molecule has 0 unspecified atom stereocenters. The summed E-state index contributed by atoms with van der Waals surface area (Å²) in [5, 5.41) is 0. The zero-order valence-electron chi connectivity index (χ0n) is 23.5. The first-order chi connectivity index (χ1) is 18.8. The number of carbonyl (C=O) groups excluding carboxylic acids is 2. The van der Waals surface area contributed by atoms with E-state index < -0.39 is 29.9 Å². The van der Waals surface area contributed by atoms with Crippen molar-refractivity contribution >= 4 is 11.9 Å². The van der Waals surface area contributed by atoms with E-state index in [1.165, 1.54) is 5.56 Å². The molecule has 0 N–H and O–H groups in total. The van der Waals surface area contributed by atoms with E-state index in [1.807, 2.05) is 17.9 Å². The molecule has 5 saturated heterocycles. The maximum absolute atomic E-state index is 12.9. The summed E-state index contributed by atoms with van der Waals surface area (Å²) in [5.74, 6) is 0.0979. The molecule has 5 heterocycles. The Hall–Kier alpha value is -2.00. The van der Waals surface area contributed by atoms with Crippen molar-refractivity contribution in [3.63, 3.8) is 0 Å². The summed E-state index contributed by atoms with van der Waals surface area (Å²) < 4.78 is 18.5. The van der Waals surface area contributed by atoms with Gasteiger partial charge >= 0.3 is 5.97 Å². The van der Waals surface area contributed by atoms with Gasteiger partial charge in [-0.3, -0.25) is 9.59 Å². The first kappa shape index (κ1) is 27.2. The van der Waals surface area contributed by atoms with Crippen molar-refractivity contribution in [1.29, 1.82) is 0 Å². The van der Waals surface area contributed by atoms with Gasteiger partial charge in [0.15, 0.2) is 11.9 Å². The standard InChI is InChI=1S/C31H43NO7/c1-20-9-10-25-21(2)28(36-29-31(25)24(20)13-16-30(3,37-29)38-39-31)35-27(34)12-11-26(33)32-17-14-23(15-18-32)19-22-7-5-4-6-8-22/h4-8,20-21,23-25,28-29H,9-19H2,1-3H3/t20-,21-,24-,25+,28-,29-,30-,31-/m1/s1. The summed E-state index contributed by atoms with van der Waals surface area (Å²) in [7, 11) is 0.